The predicted molar refractivity (Wildman–Crippen MR) is 156 cm³/mol. The molecule has 5 rings (SSSR count). The van der Waals surface area contributed by atoms with E-state index in [9.17, 15) is 18.0 Å². The second kappa shape index (κ2) is 14.2. The molecule has 0 atom stereocenters. The van der Waals surface area contributed by atoms with Gasteiger partial charge in [-0.1, -0.05) is 52.3 Å². The highest BCUT2D eigenvalue weighted by molar-refractivity contribution is 5.97. The van der Waals surface area contributed by atoms with Gasteiger partial charge < -0.3 is 9.64 Å². The smallest absolute Gasteiger partial charge is 0.416 e. The van der Waals surface area contributed by atoms with Gasteiger partial charge in [0.05, 0.1) is 12.2 Å². The third-order valence-corrected chi connectivity index (χ3v) is 7.74. The third kappa shape index (κ3) is 7.13. The van der Waals surface area contributed by atoms with Crippen molar-refractivity contribution < 1.29 is 27.1 Å². The number of halogens is 4. The van der Waals surface area contributed by atoms with Crippen LogP contribution in [-0.4, -0.2) is 45.7 Å². The van der Waals surface area contributed by atoms with E-state index in [1.54, 1.807) is 4.90 Å². The number of hydrogen-bond donors (Lipinski definition) is 1. The molecule has 0 spiro atoms. The molecule has 0 bridgehead atoms. The third-order valence-electron chi connectivity index (χ3n) is 7.74. The van der Waals surface area contributed by atoms with Gasteiger partial charge in [-0.05, 0) is 67.5 Å². The van der Waals surface area contributed by atoms with Crippen molar-refractivity contribution in [3.63, 3.8) is 0 Å². The highest BCUT2D eigenvalue weighted by atomic mass is 19.4. The van der Waals surface area contributed by atoms with E-state index in [-0.39, 0.29) is 43.4 Å². The van der Waals surface area contributed by atoms with E-state index >= 15 is 4.39 Å². The average molecular weight is 591 g/mol. The zero-order valence-corrected chi connectivity index (χ0v) is 25.4. The molecule has 10 heteroatoms. The van der Waals surface area contributed by atoms with Crippen LogP contribution in [0.25, 0.3) is 11.4 Å². The van der Waals surface area contributed by atoms with Crippen molar-refractivity contribution in [3.8, 4) is 17.4 Å². The molecule has 1 aliphatic carbocycles. The second-order valence-electron chi connectivity index (χ2n) is 10.1. The van der Waals surface area contributed by atoms with Crippen LogP contribution in [0, 0.1) is 6.92 Å². The maximum atomic E-state index is 15.7. The van der Waals surface area contributed by atoms with Gasteiger partial charge in [-0.2, -0.15) is 18.2 Å². The fourth-order valence-corrected chi connectivity index (χ4v) is 5.26. The van der Waals surface area contributed by atoms with Crippen LogP contribution in [0.2, 0.25) is 0 Å². The lowest BCUT2D eigenvalue weighted by Gasteiger charge is -2.37. The Morgan fingerprint density at radius 2 is 1.69 bits per heavy atom. The molecule has 1 aromatic heterocycles. The molecule has 1 N–H and O–H groups in total. The van der Waals surface area contributed by atoms with Crippen LogP contribution in [0.5, 0.6) is 6.01 Å². The second-order valence-corrected chi connectivity index (χ2v) is 10.1. The maximum Gasteiger partial charge on any atom is 0.416 e. The van der Waals surface area contributed by atoms with Gasteiger partial charge in [-0.3, -0.25) is 9.89 Å². The molecular weight excluding hydrogens is 548 g/mol. The van der Waals surface area contributed by atoms with Crippen LogP contribution in [0.15, 0.2) is 36.4 Å². The first-order chi connectivity index (χ1) is 20.1. The molecule has 42 heavy (non-hydrogen) atoms. The summed E-state index contributed by atoms with van der Waals surface area (Å²) in [4.78, 5) is 19.7. The largest absolute Gasteiger partial charge is 0.463 e. The Bertz CT molecular complexity index is 1310. The van der Waals surface area contributed by atoms with Gasteiger partial charge in [0.2, 0.25) is 0 Å². The molecule has 1 saturated heterocycles. The number of nitrogens with one attached hydrogen (secondary N) is 1. The van der Waals surface area contributed by atoms with Crippen LogP contribution in [0.1, 0.15) is 105 Å². The van der Waals surface area contributed by atoms with Crippen LogP contribution in [0.4, 0.5) is 17.6 Å². The van der Waals surface area contributed by atoms with Gasteiger partial charge in [0, 0.05) is 37.1 Å². The van der Waals surface area contributed by atoms with Crippen molar-refractivity contribution in [1.29, 1.82) is 0 Å². The summed E-state index contributed by atoms with van der Waals surface area (Å²) in [5.41, 5.74) is 0.885. The lowest BCUT2D eigenvalue weighted by atomic mass is 9.77. The Morgan fingerprint density at radius 3 is 2.21 bits per heavy atom. The summed E-state index contributed by atoms with van der Waals surface area (Å²) in [5.74, 6) is 0.718. The number of likely N-dealkylation sites (tertiary alicyclic amines) is 1. The van der Waals surface area contributed by atoms with Crippen molar-refractivity contribution >= 4 is 5.91 Å². The Labute approximate surface area is 245 Å². The molecule has 3 aromatic rings. The number of nitrogens with zero attached hydrogens (tertiary/aromatic N) is 3. The molecule has 1 aliphatic heterocycles. The number of piperidine rings is 1. The van der Waals surface area contributed by atoms with Crippen molar-refractivity contribution in [1.82, 2.24) is 20.1 Å². The number of aromatic amines is 1. The first kappa shape index (κ1) is 33.1. The summed E-state index contributed by atoms with van der Waals surface area (Å²) in [7, 11) is 0. The predicted octanol–water partition coefficient (Wildman–Crippen LogP) is 8.62. The Balaban J connectivity index is 0.00000116. The maximum absolute atomic E-state index is 15.7. The molecule has 2 aliphatic rings. The first-order valence-electron chi connectivity index (χ1n) is 14.9. The molecule has 6 nitrogen and oxygen atoms in total. The minimum Gasteiger partial charge on any atom is -0.463 e. The number of aryl methyl sites for hydroxylation is 1. The molecule has 2 fully saturated rings. The summed E-state index contributed by atoms with van der Waals surface area (Å²) in [5, 5.41) is 7.05. The average Bonchev–Trinajstić information content (AvgIpc) is 3.43. The minimum atomic E-state index is -4.47. The van der Waals surface area contributed by atoms with E-state index in [4.69, 9.17) is 4.74 Å². The summed E-state index contributed by atoms with van der Waals surface area (Å²) in [6, 6.07) is 8.34. The summed E-state index contributed by atoms with van der Waals surface area (Å²) in [6.45, 7) is 12.5. The van der Waals surface area contributed by atoms with Crippen molar-refractivity contribution in [3.05, 3.63) is 64.2 Å². The molecule has 0 unspecified atom stereocenters. The SMILES string of the molecule is CC.CC.CCOc1n[nH]c(-c2cc(C(=O)N3CCC(F)(c4ccc(C(F)(F)F)cc4)CC3)c(C)cc2C2CCC2)n1. The monoisotopic (exact) mass is 590 g/mol. The lowest BCUT2D eigenvalue weighted by Crippen LogP contribution is -2.43. The first-order valence-corrected chi connectivity index (χ1v) is 14.9. The zero-order chi connectivity index (χ0) is 31.1. The van der Waals surface area contributed by atoms with Crippen LogP contribution in [-0.2, 0) is 11.8 Å². The minimum absolute atomic E-state index is 0.00991. The number of carbonyl (C=O) groups excluding carboxylic acids is 1. The van der Waals surface area contributed by atoms with Crippen LogP contribution < -0.4 is 4.74 Å². The summed E-state index contributed by atoms with van der Waals surface area (Å²) >= 11 is 0. The van der Waals surface area contributed by atoms with Crippen LogP contribution >= 0.6 is 0 Å². The highest BCUT2D eigenvalue weighted by Crippen LogP contribution is 2.43. The van der Waals surface area contributed by atoms with E-state index in [0.717, 1.165) is 48.1 Å². The Hall–Kier alpha value is -3.43. The molecule has 1 saturated carbocycles. The number of hydrogen-bond acceptors (Lipinski definition) is 4. The molecular formula is C32H42F4N4O2. The number of H-pyrrole nitrogens is 1. The summed E-state index contributed by atoms with van der Waals surface area (Å²) in [6.07, 6.45) is -1.16. The van der Waals surface area contributed by atoms with Crippen molar-refractivity contribution in [2.75, 3.05) is 19.7 Å². The van der Waals surface area contributed by atoms with Gasteiger partial charge in [0.1, 0.15) is 5.67 Å². The van der Waals surface area contributed by atoms with E-state index in [0.29, 0.717) is 23.9 Å². The number of alkyl halides is 4. The Kier molecular flexibility index (Phi) is 11.2. The fraction of sp³-hybridized carbons (Fsp3) is 0.531. The van der Waals surface area contributed by atoms with Gasteiger partial charge in [0.25, 0.3) is 5.91 Å². The number of aromatic nitrogens is 3. The molecule has 1 amide bonds. The number of carbonyl (C=O) groups is 1. The normalized spacial score (nSPS) is 16.4. The van der Waals surface area contributed by atoms with E-state index in [2.05, 4.69) is 15.2 Å². The quantitative estimate of drug-likeness (QED) is 0.292. The fourth-order valence-electron chi connectivity index (χ4n) is 5.26. The molecule has 2 aromatic carbocycles. The van der Waals surface area contributed by atoms with Gasteiger partial charge in [0.15, 0.2) is 5.82 Å². The highest BCUT2D eigenvalue weighted by Gasteiger charge is 2.39. The van der Waals surface area contributed by atoms with Crippen LogP contribution in [0.3, 0.4) is 0 Å². The topological polar surface area (TPSA) is 71.1 Å². The number of benzene rings is 2. The number of amides is 1. The van der Waals surface area contributed by atoms with E-state index in [1.165, 1.54) is 12.1 Å². The van der Waals surface area contributed by atoms with E-state index < -0.39 is 17.4 Å². The van der Waals surface area contributed by atoms with Gasteiger partial charge >= 0.3 is 12.2 Å². The zero-order valence-electron chi connectivity index (χ0n) is 25.4. The van der Waals surface area contributed by atoms with E-state index in [1.807, 2.05) is 53.7 Å². The van der Waals surface area contributed by atoms with Gasteiger partial charge in [-0.15, -0.1) is 5.10 Å². The Morgan fingerprint density at radius 1 is 1.07 bits per heavy atom. The lowest BCUT2D eigenvalue weighted by molar-refractivity contribution is -0.137. The number of ether oxygens (including phenoxy) is 1. The van der Waals surface area contributed by atoms with Gasteiger partial charge in [-0.25, -0.2) is 4.39 Å². The summed E-state index contributed by atoms with van der Waals surface area (Å²) < 4.78 is 59.9. The standard InChI is InChI=1S/C28H30F4N4O2.2C2H6/c1-3-38-26-33-24(34-35-26)23-16-21(17(2)15-22(23)18-5-4-6-18)25(37)36-13-11-27(29,12-14-36)19-7-9-20(10-8-19)28(30,31)32;2*1-2/h7-10,15-16,18H,3-6,11-14H2,1-2H3,(H,33,34,35);2*1-2H3. The van der Waals surface area contributed by atoms with Crippen molar-refractivity contribution in [2.45, 2.75) is 91.4 Å². The molecule has 2 heterocycles. The number of rotatable bonds is 6. The molecule has 230 valence electrons. The molecule has 0 radical (unpaired) electrons. The van der Waals surface area contributed by atoms with Crippen molar-refractivity contribution in [2.24, 2.45) is 0 Å².